The predicted octanol–water partition coefficient (Wildman–Crippen LogP) is 3.45. The van der Waals surface area contributed by atoms with Gasteiger partial charge in [-0.25, -0.2) is 14.8 Å². The minimum atomic E-state index is -0.903. The van der Waals surface area contributed by atoms with Gasteiger partial charge in [0.05, 0.1) is 23.9 Å². The van der Waals surface area contributed by atoms with Crippen molar-refractivity contribution in [3.05, 3.63) is 31.9 Å². The Morgan fingerprint density at radius 1 is 1.31 bits per heavy atom. The van der Waals surface area contributed by atoms with E-state index in [9.17, 15) is 14.7 Å². The Morgan fingerprint density at radius 3 is 2.72 bits per heavy atom. The monoisotopic (exact) mass is 552 g/mol. The fourth-order valence-electron chi connectivity index (χ4n) is 4.01. The van der Waals surface area contributed by atoms with Gasteiger partial charge in [-0.05, 0) is 54.3 Å². The Balaban J connectivity index is 1.77. The summed E-state index contributed by atoms with van der Waals surface area (Å²) in [6.45, 7) is 5.42. The normalized spacial score (nSPS) is 14.8. The summed E-state index contributed by atoms with van der Waals surface area (Å²) in [6.07, 6.45) is 3.59. The number of aromatic nitrogens is 5. The number of H-pyrrole nitrogens is 1. The number of fused-ring (bicyclic) bond motifs is 1. The lowest BCUT2D eigenvalue weighted by Crippen LogP contribution is -2.38. The summed E-state index contributed by atoms with van der Waals surface area (Å²) in [5.74, 6) is 0.829. The van der Waals surface area contributed by atoms with Crippen LogP contribution in [0.3, 0.4) is 0 Å². The molecule has 10 nitrogen and oxygen atoms in total. The Morgan fingerprint density at radius 2 is 2.06 bits per heavy atom. The maximum Gasteiger partial charge on any atom is 0.407 e. The Bertz CT molecular complexity index is 1200. The Labute approximate surface area is 198 Å². The summed E-state index contributed by atoms with van der Waals surface area (Å²) < 4.78 is 8.56. The zero-order chi connectivity index (χ0) is 22.8. The summed E-state index contributed by atoms with van der Waals surface area (Å²) in [5, 5.41) is 13.8. The fraction of sp³-hybridized carbons (Fsp3) is 0.476. The molecular formula is C21H25IN6O4. The summed E-state index contributed by atoms with van der Waals surface area (Å²) in [5.41, 5.74) is 2.04. The minimum Gasteiger partial charge on any atom is -0.477 e. The van der Waals surface area contributed by atoms with Crippen molar-refractivity contribution in [3.63, 3.8) is 0 Å². The molecule has 0 saturated carbocycles. The topological polar surface area (TPSA) is 126 Å². The van der Waals surface area contributed by atoms with Crippen molar-refractivity contribution in [1.82, 2.24) is 29.6 Å². The molecule has 11 heteroatoms. The van der Waals surface area contributed by atoms with Crippen LogP contribution in [-0.2, 0) is 6.42 Å². The van der Waals surface area contributed by atoms with Gasteiger partial charge >= 0.3 is 6.09 Å². The second-order valence-corrected chi connectivity index (χ2v) is 8.96. The lowest BCUT2D eigenvalue weighted by molar-refractivity contribution is 0.123. The van der Waals surface area contributed by atoms with Gasteiger partial charge in [0.25, 0.3) is 5.56 Å². The number of aryl methyl sites for hydroxylation is 1. The quantitative estimate of drug-likeness (QED) is 0.449. The van der Waals surface area contributed by atoms with E-state index in [2.05, 4.69) is 37.7 Å². The standard InChI is InChI=1S/C21H25IN6O4/c1-3-9-32-20-14(10-12(22)11-23-20)18-24-16-15(4-2)28(26-17(16)19(29)25-18)13-5-7-27(8-6-13)21(30)31/h10-11,13H,3-9H2,1-2H3,(H,30,31)(H,24,25,29). The van der Waals surface area contributed by atoms with E-state index in [1.165, 1.54) is 4.90 Å². The molecule has 0 bridgehead atoms. The first kappa shape index (κ1) is 22.5. The molecule has 0 spiro atoms. The van der Waals surface area contributed by atoms with Crippen molar-refractivity contribution in [3.8, 4) is 17.3 Å². The van der Waals surface area contributed by atoms with Crippen LogP contribution in [0.25, 0.3) is 22.4 Å². The van der Waals surface area contributed by atoms with Gasteiger partial charge < -0.3 is 19.7 Å². The molecule has 1 fully saturated rings. The number of hydrogen-bond acceptors (Lipinski definition) is 6. The number of piperidine rings is 1. The third-order valence-corrected chi connectivity index (χ3v) is 6.17. The molecule has 1 aliphatic heterocycles. The first-order valence-electron chi connectivity index (χ1n) is 10.7. The Hall–Kier alpha value is -2.70. The number of nitrogens with one attached hydrogen (secondary N) is 1. The lowest BCUT2D eigenvalue weighted by Gasteiger charge is -2.30. The number of aromatic amines is 1. The number of rotatable bonds is 6. The highest BCUT2D eigenvalue weighted by Gasteiger charge is 2.27. The van der Waals surface area contributed by atoms with E-state index in [1.54, 1.807) is 6.20 Å². The predicted molar refractivity (Wildman–Crippen MR) is 127 cm³/mol. The molecule has 0 atom stereocenters. The average Bonchev–Trinajstić information content (AvgIpc) is 3.17. The van der Waals surface area contributed by atoms with Crippen LogP contribution in [0.2, 0.25) is 0 Å². The molecule has 2 N–H and O–H groups in total. The highest BCUT2D eigenvalue weighted by molar-refractivity contribution is 14.1. The maximum atomic E-state index is 13.0. The third-order valence-electron chi connectivity index (χ3n) is 5.58. The van der Waals surface area contributed by atoms with Gasteiger partial charge in [-0.1, -0.05) is 13.8 Å². The van der Waals surface area contributed by atoms with Crippen LogP contribution < -0.4 is 10.3 Å². The van der Waals surface area contributed by atoms with E-state index in [0.29, 0.717) is 67.3 Å². The van der Waals surface area contributed by atoms with E-state index in [4.69, 9.17) is 9.72 Å². The van der Waals surface area contributed by atoms with Crippen molar-refractivity contribution in [1.29, 1.82) is 0 Å². The zero-order valence-corrected chi connectivity index (χ0v) is 20.1. The maximum absolute atomic E-state index is 13.0. The van der Waals surface area contributed by atoms with Crippen molar-refractivity contribution in [2.45, 2.75) is 45.6 Å². The van der Waals surface area contributed by atoms with Gasteiger partial charge in [0.2, 0.25) is 5.88 Å². The van der Waals surface area contributed by atoms with Crippen LogP contribution in [0.5, 0.6) is 5.88 Å². The van der Waals surface area contributed by atoms with Crippen LogP contribution in [0.4, 0.5) is 4.79 Å². The highest BCUT2D eigenvalue weighted by atomic mass is 127. The van der Waals surface area contributed by atoms with E-state index >= 15 is 0 Å². The molecule has 1 aliphatic rings. The van der Waals surface area contributed by atoms with Crippen LogP contribution in [0.15, 0.2) is 17.1 Å². The molecule has 3 aromatic rings. The first-order valence-corrected chi connectivity index (χ1v) is 11.8. The number of ether oxygens (including phenoxy) is 1. The van der Waals surface area contributed by atoms with Crippen LogP contribution in [0, 0.1) is 3.57 Å². The number of likely N-dealkylation sites (tertiary alicyclic amines) is 1. The molecule has 1 amide bonds. The number of hydrogen-bond donors (Lipinski definition) is 2. The van der Waals surface area contributed by atoms with Gasteiger partial charge in [0.15, 0.2) is 5.52 Å². The molecule has 0 unspecified atom stereocenters. The van der Waals surface area contributed by atoms with E-state index in [0.717, 1.165) is 15.7 Å². The second-order valence-electron chi connectivity index (χ2n) is 7.71. The van der Waals surface area contributed by atoms with Gasteiger partial charge in [0.1, 0.15) is 11.3 Å². The number of carboxylic acid groups (broad SMARTS) is 1. The SMILES string of the molecule is CCCOc1ncc(I)cc1-c1nc2c(CC)n(C3CCN(C(=O)O)CC3)nc2c(=O)[nH]1. The van der Waals surface area contributed by atoms with E-state index < -0.39 is 6.09 Å². The number of halogens is 1. The highest BCUT2D eigenvalue weighted by Crippen LogP contribution is 2.30. The van der Waals surface area contributed by atoms with Gasteiger partial charge in [-0.15, -0.1) is 0 Å². The molecule has 0 aromatic carbocycles. The molecule has 0 aliphatic carbocycles. The third kappa shape index (κ3) is 4.30. The number of amides is 1. The van der Waals surface area contributed by atoms with Crippen LogP contribution in [0.1, 0.15) is 44.8 Å². The summed E-state index contributed by atoms with van der Waals surface area (Å²) >= 11 is 2.17. The first-order chi connectivity index (χ1) is 15.4. The molecular weight excluding hydrogens is 527 g/mol. The van der Waals surface area contributed by atoms with Gasteiger partial charge in [-0.2, -0.15) is 5.10 Å². The summed E-state index contributed by atoms with van der Waals surface area (Å²) in [7, 11) is 0. The zero-order valence-electron chi connectivity index (χ0n) is 18.0. The smallest absolute Gasteiger partial charge is 0.407 e. The largest absolute Gasteiger partial charge is 0.477 e. The fourth-order valence-corrected chi connectivity index (χ4v) is 4.46. The average molecular weight is 552 g/mol. The second kappa shape index (κ2) is 9.43. The van der Waals surface area contributed by atoms with E-state index in [1.807, 2.05) is 24.6 Å². The van der Waals surface area contributed by atoms with Crippen molar-refractivity contribution >= 4 is 39.7 Å². The molecule has 170 valence electrons. The van der Waals surface area contributed by atoms with Crippen molar-refractivity contribution in [2.75, 3.05) is 19.7 Å². The van der Waals surface area contributed by atoms with Crippen molar-refractivity contribution in [2.24, 2.45) is 0 Å². The summed E-state index contributed by atoms with van der Waals surface area (Å²) in [6, 6.07) is 1.92. The molecule has 3 aromatic heterocycles. The number of nitrogens with zero attached hydrogens (tertiary/aromatic N) is 5. The Kier molecular flexibility index (Phi) is 6.63. The van der Waals surface area contributed by atoms with Gasteiger partial charge in [-0.3, -0.25) is 9.48 Å². The molecule has 1 saturated heterocycles. The lowest BCUT2D eigenvalue weighted by atomic mass is 10.1. The van der Waals surface area contributed by atoms with Crippen molar-refractivity contribution < 1.29 is 14.6 Å². The number of carbonyl (C=O) groups is 1. The van der Waals surface area contributed by atoms with Crippen LogP contribution >= 0.6 is 22.6 Å². The molecule has 0 radical (unpaired) electrons. The van der Waals surface area contributed by atoms with Crippen LogP contribution in [-0.4, -0.2) is 60.5 Å². The molecule has 4 heterocycles. The number of pyridine rings is 1. The van der Waals surface area contributed by atoms with E-state index in [-0.39, 0.29) is 11.6 Å². The molecule has 32 heavy (non-hydrogen) atoms. The van der Waals surface area contributed by atoms with Gasteiger partial charge in [0, 0.05) is 22.9 Å². The summed E-state index contributed by atoms with van der Waals surface area (Å²) in [4.78, 5) is 37.6. The molecule has 4 rings (SSSR count). The minimum absolute atomic E-state index is 0.0281.